The maximum atomic E-state index is 13.4. The first-order valence-corrected chi connectivity index (χ1v) is 22.1. The minimum atomic E-state index is -0.971. The molecule has 5 amide bonds. The van der Waals surface area contributed by atoms with Crippen LogP contribution in [0.3, 0.4) is 0 Å². The fourth-order valence-electron chi connectivity index (χ4n) is 9.55. The van der Waals surface area contributed by atoms with Gasteiger partial charge in [-0.3, -0.25) is 39.1 Å². The molecule has 3 saturated heterocycles. The zero-order chi connectivity index (χ0) is 43.6. The van der Waals surface area contributed by atoms with Crippen molar-refractivity contribution in [1.82, 2.24) is 35.4 Å². The molecular formula is C47H53N11O5. The summed E-state index contributed by atoms with van der Waals surface area (Å²) >= 11 is 0. The minimum absolute atomic E-state index is 0.0935. The predicted octanol–water partition coefficient (Wildman–Crippen LogP) is 5.15. The topological polar surface area (TPSA) is 185 Å². The predicted molar refractivity (Wildman–Crippen MR) is 240 cm³/mol. The molecule has 4 aliphatic heterocycles. The summed E-state index contributed by atoms with van der Waals surface area (Å²) in [7, 11) is 0. The number of nitrogens with one attached hydrogen (secondary N) is 4. The van der Waals surface area contributed by atoms with Gasteiger partial charge in [-0.15, -0.1) is 6.58 Å². The van der Waals surface area contributed by atoms with E-state index in [0.29, 0.717) is 52.7 Å². The normalized spacial score (nSPS) is 20.4. The van der Waals surface area contributed by atoms with Crippen molar-refractivity contribution in [3.63, 3.8) is 0 Å². The van der Waals surface area contributed by atoms with E-state index >= 15 is 0 Å². The number of anilines is 6. The zero-order valence-electron chi connectivity index (χ0n) is 35.6. The standard InChI is InChI=1S/C47H53N11O5/c1-3-19-48-43(60)37-27-49-47(54-42(37)52-39-15-7-31-6-5-30(4-2)41(31)51-39)50-32-8-10-33(11-9-32)57-24-22-55(23-25-57)28-29-17-20-56(21-18-29)34-12-13-35-36(26-34)46(63)58(45(35)62)38-14-16-40(59)53-44(38)61/h3,7-13,15,26-27,29-30,38H,1,4-6,14,16-25,28H2,2H3,(H,48,60)(H,53,59,61)(H2,49,50,51,52,54). The van der Waals surface area contributed by atoms with E-state index in [9.17, 15) is 24.0 Å². The van der Waals surface area contributed by atoms with Crippen LogP contribution in [0, 0.1) is 5.92 Å². The van der Waals surface area contributed by atoms with E-state index in [2.05, 4.69) is 72.7 Å². The quantitative estimate of drug-likeness (QED) is 0.102. The van der Waals surface area contributed by atoms with Gasteiger partial charge in [-0.05, 0) is 98.5 Å². The number of hydrogen-bond donors (Lipinski definition) is 4. The summed E-state index contributed by atoms with van der Waals surface area (Å²) in [5, 5.41) is 11.7. The van der Waals surface area contributed by atoms with Crippen molar-refractivity contribution >= 4 is 64.2 Å². The summed E-state index contributed by atoms with van der Waals surface area (Å²) in [6.07, 6.45) is 8.61. The molecule has 2 aromatic carbocycles. The Labute approximate surface area is 366 Å². The molecule has 0 bridgehead atoms. The van der Waals surface area contributed by atoms with Gasteiger partial charge in [-0.1, -0.05) is 19.1 Å². The van der Waals surface area contributed by atoms with Crippen LogP contribution in [-0.2, 0) is 16.0 Å². The van der Waals surface area contributed by atoms with E-state index in [1.165, 1.54) is 11.8 Å². The number of piperidine rings is 2. The van der Waals surface area contributed by atoms with Crippen LogP contribution >= 0.6 is 0 Å². The Hall–Kier alpha value is -6.68. The molecule has 326 valence electrons. The Bertz CT molecular complexity index is 2440. The van der Waals surface area contributed by atoms with Gasteiger partial charge in [-0.2, -0.15) is 4.98 Å². The minimum Gasteiger partial charge on any atom is -0.371 e. The van der Waals surface area contributed by atoms with Gasteiger partial charge in [0.25, 0.3) is 17.7 Å². The summed E-state index contributed by atoms with van der Waals surface area (Å²) in [5.74, 6) is 0.0937. The van der Waals surface area contributed by atoms with Crippen LogP contribution in [0.5, 0.6) is 0 Å². The lowest BCUT2D eigenvalue weighted by Crippen LogP contribution is -2.54. The Morgan fingerprint density at radius 3 is 2.32 bits per heavy atom. The summed E-state index contributed by atoms with van der Waals surface area (Å²) < 4.78 is 0. The number of pyridine rings is 1. The highest BCUT2D eigenvalue weighted by molar-refractivity contribution is 6.23. The number of imide groups is 2. The van der Waals surface area contributed by atoms with E-state index in [1.54, 1.807) is 18.2 Å². The maximum Gasteiger partial charge on any atom is 0.262 e. The van der Waals surface area contributed by atoms with Gasteiger partial charge in [0.15, 0.2) is 0 Å². The van der Waals surface area contributed by atoms with E-state index in [1.807, 2.05) is 24.3 Å². The summed E-state index contributed by atoms with van der Waals surface area (Å²) in [4.78, 5) is 86.1. The fraction of sp³-hybridized carbons (Fsp3) is 0.404. The van der Waals surface area contributed by atoms with Crippen molar-refractivity contribution in [3.8, 4) is 0 Å². The number of hydrogen-bond acceptors (Lipinski definition) is 13. The molecule has 1 aliphatic carbocycles. The van der Waals surface area contributed by atoms with E-state index in [-0.39, 0.29) is 24.7 Å². The molecule has 2 atom stereocenters. The summed E-state index contributed by atoms with van der Waals surface area (Å²) in [6.45, 7) is 12.7. The number of carbonyl (C=O) groups is 5. The molecule has 2 aromatic heterocycles. The van der Waals surface area contributed by atoms with Crippen molar-refractivity contribution in [2.24, 2.45) is 5.92 Å². The number of nitrogens with zero attached hydrogens (tertiary/aromatic N) is 7. The van der Waals surface area contributed by atoms with E-state index in [0.717, 1.165) is 106 Å². The van der Waals surface area contributed by atoms with Crippen molar-refractivity contribution < 1.29 is 24.0 Å². The molecular weight excluding hydrogens is 799 g/mol. The Morgan fingerprint density at radius 1 is 0.825 bits per heavy atom. The van der Waals surface area contributed by atoms with Gasteiger partial charge >= 0.3 is 0 Å². The smallest absolute Gasteiger partial charge is 0.262 e. The molecule has 4 N–H and O–H groups in total. The number of aryl methyl sites for hydroxylation is 1. The molecule has 63 heavy (non-hydrogen) atoms. The summed E-state index contributed by atoms with van der Waals surface area (Å²) in [5.41, 5.74) is 6.20. The van der Waals surface area contributed by atoms with Crippen LogP contribution in [-0.4, -0.2) is 113 Å². The molecule has 0 spiro atoms. The Kier molecular flexibility index (Phi) is 11.9. The van der Waals surface area contributed by atoms with Crippen molar-refractivity contribution in [3.05, 3.63) is 101 Å². The van der Waals surface area contributed by atoms with Crippen LogP contribution < -0.4 is 31.1 Å². The Balaban J connectivity index is 0.763. The number of aromatic nitrogens is 3. The third-order valence-electron chi connectivity index (χ3n) is 13.1. The average molecular weight is 852 g/mol. The molecule has 6 heterocycles. The number of amides is 5. The molecule has 16 nitrogen and oxygen atoms in total. The largest absolute Gasteiger partial charge is 0.371 e. The molecule has 5 aliphatic rings. The lowest BCUT2D eigenvalue weighted by atomic mass is 9.95. The number of carbonyl (C=O) groups excluding carboxylic acids is 5. The van der Waals surface area contributed by atoms with Gasteiger partial charge < -0.3 is 25.8 Å². The zero-order valence-corrected chi connectivity index (χ0v) is 35.6. The SMILES string of the molecule is C=CCNC(=O)c1cnc(Nc2ccc(N3CCN(CC4CCN(c5ccc6c(c5)C(=O)N(C5CCC(=O)NC5=O)C6=O)CC4)CC3)cc2)nc1Nc1ccc2c(n1)C(CC)CC2. The van der Waals surface area contributed by atoms with Crippen LogP contribution in [0.15, 0.2) is 73.4 Å². The molecule has 0 saturated carbocycles. The van der Waals surface area contributed by atoms with Gasteiger partial charge in [0.05, 0.1) is 11.1 Å². The van der Waals surface area contributed by atoms with Gasteiger partial charge in [0, 0.05) is 93.6 Å². The van der Waals surface area contributed by atoms with Crippen LogP contribution in [0.2, 0.25) is 0 Å². The number of fused-ring (bicyclic) bond motifs is 2. The lowest BCUT2D eigenvalue weighted by Gasteiger charge is -2.40. The van der Waals surface area contributed by atoms with E-state index < -0.39 is 23.8 Å². The number of rotatable bonds is 13. The number of piperazine rings is 1. The third-order valence-corrected chi connectivity index (χ3v) is 13.1. The van der Waals surface area contributed by atoms with Crippen LogP contribution in [0.4, 0.5) is 34.6 Å². The fourth-order valence-corrected chi connectivity index (χ4v) is 9.55. The summed E-state index contributed by atoms with van der Waals surface area (Å²) in [6, 6.07) is 16.7. The van der Waals surface area contributed by atoms with Gasteiger partial charge in [-0.25, -0.2) is 9.97 Å². The van der Waals surface area contributed by atoms with Crippen molar-refractivity contribution in [1.29, 1.82) is 0 Å². The third kappa shape index (κ3) is 8.72. The molecule has 3 fully saturated rings. The second-order valence-corrected chi connectivity index (χ2v) is 17.0. The molecule has 4 aromatic rings. The van der Waals surface area contributed by atoms with E-state index in [4.69, 9.17) is 9.97 Å². The lowest BCUT2D eigenvalue weighted by molar-refractivity contribution is -0.136. The highest BCUT2D eigenvalue weighted by atomic mass is 16.2. The highest BCUT2D eigenvalue weighted by Crippen LogP contribution is 2.36. The van der Waals surface area contributed by atoms with Crippen molar-refractivity contribution in [2.45, 2.75) is 63.8 Å². The molecule has 0 radical (unpaired) electrons. The van der Waals surface area contributed by atoms with Gasteiger partial charge in [0.2, 0.25) is 17.8 Å². The first-order valence-electron chi connectivity index (χ1n) is 22.1. The van der Waals surface area contributed by atoms with Crippen LogP contribution in [0.25, 0.3) is 0 Å². The van der Waals surface area contributed by atoms with Gasteiger partial charge in [0.1, 0.15) is 23.2 Å². The van der Waals surface area contributed by atoms with Crippen LogP contribution in [0.1, 0.15) is 93.7 Å². The second-order valence-electron chi connectivity index (χ2n) is 17.0. The monoisotopic (exact) mass is 851 g/mol. The van der Waals surface area contributed by atoms with Crippen molar-refractivity contribution in [2.75, 3.05) is 72.8 Å². The number of benzene rings is 2. The average Bonchev–Trinajstić information content (AvgIpc) is 3.82. The molecule has 9 rings (SSSR count). The molecule has 16 heteroatoms. The Morgan fingerprint density at radius 2 is 1.57 bits per heavy atom. The first-order chi connectivity index (χ1) is 30.6. The second kappa shape index (κ2) is 18.0. The maximum absolute atomic E-state index is 13.4. The highest BCUT2D eigenvalue weighted by Gasteiger charge is 2.45. The first kappa shape index (κ1) is 41.7. The molecule has 2 unspecified atom stereocenters.